The van der Waals surface area contributed by atoms with Crippen LogP contribution in [0.25, 0.3) is 0 Å². The summed E-state index contributed by atoms with van der Waals surface area (Å²) in [6.07, 6.45) is 0. The van der Waals surface area contributed by atoms with Crippen molar-refractivity contribution in [2.75, 3.05) is 5.32 Å². The van der Waals surface area contributed by atoms with Crippen molar-refractivity contribution < 1.29 is 0 Å². The molecule has 1 N–H and O–H groups in total. The first kappa shape index (κ1) is 13.9. The fourth-order valence-corrected chi connectivity index (χ4v) is 2.09. The van der Waals surface area contributed by atoms with Crippen molar-refractivity contribution >= 4 is 23.1 Å². The van der Waals surface area contributed by atoms with Crippen LogP contribution in [0.15, 0.2) is 24.3 Å². The summed E-state index contributed by atoms with van der Waals surface area (Å²) in [7, 11) is 0. The average molecular weight is 283 g/mol. The van der Waals surface area contributed by atoms with Crippen molar-refractivity contribution in [3.05, 3.63) is 51.7 Å². The zero-order chi connectivity index (χ0) is 14.7. The quantitative estimate of drug-likeness (QED) is 0.908. The Hall–Kier alpha value is -2.56. The molecule has 1 heterocycles. The van der Waals surface area contributed by atoms with Gasteiger partial charge in [0.15, 0.2) is 0 Å². The predicted octanol–water partition coefficient (Wildman–Crippen LogP) is 3.84. The molecule has 2 aromatic rings. The highest BCUT2D eigenvalue weighted by Crippen LogP contribution is 2.26. The van der Waals surface area contributed by atoms with Crippen LogP contribution in [0, 0.1) is 36.5 Å². The number of anilines is 2. The van der Waals surface area contributed by atoms with Crippen molar-refractivity contribution in [3.63, 3.8) is 0 Å². The van der Waals surface area contributed by atoms with Crippen LogP contribution in [0.5, 0.6) is 0 Å². The molecule has 0 saturated carbocycles. The Morgan fingerprint density at radius 1 is 1.15 bits per heavy atom. The number of benzene rings is 1. The molecule has 0 aliphatic rings. The van der Waals surface area contributed by atoms with E-state index in [-0.39, 0.29) is 0 Å². The lowest BCUT2D eigenvalue weighted by molar-refractivity contribution is 1.16. The van der Waals surface area contributed by atoms with Crippen molar-refractivity contribution in [3.8, 4) is 12.1 Å². The molecule has 4 nitrogen and oxygen atoms in total. The minimum Gasteiger partial charge on any atom is -0.338 e. The zero-order valence-corrected chi connectivity index (χ0v) is 11.8. The fourth-order valence-electron chi connectivity index (χ4n) is 1.91. The molecule has 20 heavy (non-hydrogen) atoms. The topological polar surface area (TPSA) is 72.5 Å². The number of nitriles is 2. The molecule has 1 aromatic heterocycles. The standard InChI is InChI=1S/C15H11ClN4/c1-9-5-10(2)19-15(13(9)8-18)20-14-6-12(16)4-3-11(14)7-17/h3-6H,1-2H3,(H,19,20). The van der Waals surface area contributed by atoms with Gasteiger partial charge in [-0.25, -0.2) is 4.98 Å². The Morgan fingerprint density at radius 2 is 1.90 bits per heavy atom. The van der Waals surface area contributed by atoms with Gasteiger partial charge >= 0.3 is 0 Å². The second-order valence-electron chi connectivity index (χ2n) is 4.34. The van der Waals surface area contributed by atoms with E-state index in [1.165, 1.54) is 0 Å². The zero-order valence-electron chi connectivity index (χ0n) is 11.0. The molecule has 1 aromatic carbocycles. The molecule has 0 unspecified atom stereocenters. The van der Waals surface area contributed by atoms with Crippen molar-refractivity contribution in [2.45, 2.75) is 13.8 Å². The van der Waals surface area contributed by atoms with Gasteiger partial charge in [-0.05, 0) is 43.7 Å². The molecular weight excluding hydrogens is 272 g/mol. The minimum absolute atomic E-state index is 0.434. The summed E-state index contributed by atoms with van der Waals surface area (Å²) in [6, 6.07) is 10.9. The number of aryl methyl sites for hydroxylation is 2. The van der Waals surface area contributed by atoms with Crippen LogP contribution in [-0.2, 0) is 0 Å². The Bertz CT molecular complexity index is 754. The Kier molecular flexibility index (Phi) is 3.89. The van der Waals surface area contributed by atoms with Crippen LogP contribution in [0.4, 0.5) is 11.5 Å². The molecule has 98 valence electrons. The monoisotopic (exact) mass is 282 g/mol. The summed E-state index contributed by atoms with van der Waals surface area (Å²) in [4.78, 5) is 4.32. The number of aromatic nitrogens is 1. The lowest BCUT2D eigenvalue weighted by Crippen LogP contribution is -2.02. The van der Waals surface area contributed by atoms with Gasteiger partial charge < -0.3 is 5.32 Å². The molecule has 0 bridgehead atoms. The third-order valence-corrected chi connectivity index (χ3v) is 3.05. The molecule has 2 rings (SSSR count). The Balaban J connectivity index is 2.54. The van der Waals surface area contributed by atoms with Gasteiger partial charge in [0.25, 0.3) is 0 Å². The Morgan fingerprint density at radius 3 is 2.55 bits per heavy atom. The van der Waals surface area contributed by atoms with Gasteiger partial charge in [0.1, 0.15) is 18.0 Å². The highest BCUT2D eigenvalue weighted by Gasteiger charge is 2.11. The van der Waals surface area contributed by atoms with Gasteiger partial charge in [0, 0.05) is 10.7 Å². The summed E-state index contributed by atoms with van der Waals surface area (Å²) in [5.41, 5.74) is 3.07. The first-order valence-corrected chi connectivity index (χ1v) is 6.28. The number of hydrogen-bond donors (Lipinski definition) is 1. The van der Waals surface area contributed by atoms with E-state index < -0.39 is 0 Å². The van der Waals surface area contributed by atoms with Crippen LogP contribution in [0.3, 0.4) is 0 Å². The number of nitrogens with one attached hydrogen (secondary N) is 1. The van der Waals surface area contributed by atoms with E-state index in [2.05, 4.69) is 22.4 Å². The summed E-state index contributed by atoms with van der Waals surface area (Å²) in [5, 5.41) is 21.9. The van der Waals surface area contributed by atoms with Crippen LogP contribution in [0.2, 0.25) is 5.02 Å². The van der Waals surface area contributed by atoms with Crippen LogP contribution in [0.1, 0.15) is 22.4 Å². The van der Waals surface area contributed by atoms with E-state index in [0.717, 1.165) is 11.3 Å². The van der Waals surface area contributed by atoms with Crippen LogP contribution < -0.4 is 5.32 Å². The molecule has 0 amide bonds. The maximum absolute atomic E-state index is 9.23. The molecule has 5 heteroatoms. The Labute approximate surface area is 122 Å². The highest BCUT2D eigenvalue weighted by atomic mass is 35.5. The molecule has 0 atom stereocenters. The lowest BCUT2D eigenvalue weighted by Gasteiger charge is -2.11. The largest absolute Gasteiger partial charge is 0.338 e. The number of pyridine rings is 1. The molecule has 0 radical (unpaired) electrons. The summed E-state index contributed by atoms with van der Waals surface area (Å²) >= 11 is 5.94. The summed E-state index contributed by atoms with van der Waals surface area (Å²) in [6.45, 7) is 3.70. The SMILES string of the molecule is Cc1cc(C)c(C#N)c(Nc2cc(Cl)ccc2C#N)n1. The normalized spacial score (nSPS) is 9.65. The van der Waals surface area contributed by atoms with Gasteiger partial charge in [0.2, 0.25) is 0 Å². The number of hydrogen-bond acceptors (Lipinski definition) is 4. The first-order valence-electron chi connectivity index (χ1n) is 5.90. The summed E-state index contributed by atoms with van der Waals surface area (Å²) in [5.74, 6) is 0.434. The van der Waals surface area contributed by atoms with Crippen molar-refractivity contribution in [1.29, 1.82) is 10.5 Å². The van der Waals surface area contributed by atoms with Gasteiger partial charge in [0.05, 0.1) is 16.8 Å². The molecule has 0 fully saturated rings. The predicted molar refractivity (Wildman–Crippen MR) is 77.9 cm³/mol. The van der Waals surface area contributed by atoms with E-state index in [4.69, 9.17) is 16.9 Å². The van der Waals surface area contributed by atoms with E-state index in [0.29, 0.717) is 27.7 Å². The van der Waals surface area contributed by atoms with Gasteiger partial charge in [-0.2, -0.15) is 10.5 Å². The molecule has 0 saturated heterocycles. The lowest BCUT2D eigenvalue weighted by atomic mass is 10.1. The van der Waals surface area contributed by atoms with E-state index in [1.807, 2.05) is 19.9 Å². The maximum Gasteiger partial charge on any atom is 0.148 e. The van der Waals surface area contributed by atoms with E-state index in [1.54, 1.807) is 18.2 Å². The van der Waals surface area contributed by atoms with Crippen molar-refractivity contribution in [1.82, 2.24) is 4.98 Å². The summed E-state index contributed by atoms with van der Waals surface area (Å²) < 4.78 is 0. The van der Waals surface area contributed by atoms with Crippen LogP contribution >= 0.6 is 11.6 Å². The highest BCUT2D eigenvalue weighted by molar-refractivity contribution is 6.30. The van der Waals surface area contributed by atoms with Crippen molar-refractivity contribution in [2.24, 2.45) is 0 Å². The number of nitrogens with zero attached hydrogens (tertiary/aromatic N) is 3. The van der Waals surface area contributed by atoms with E-state index in [9.17, 15) is 5.26 Å². The van der Waals surface area contributed by atoms with E-state index >= 15 is 0 Å². The minimum atomic E-state index is 0.434. The molecular formula is C15H11ClN4. The molecule has 0 aliphatic heterocycles. The molecule has 0 spiro atoms. The van der Waals surface area contributed by atoms with Gasteiger partial charge in [-0.3, -0.25) is 0 Å². The third kappa shape index (κ3) is 2.71. The third-order valence-electron chi connectivity index (χ3n) is 2.81. The second kappa shape index (κ2) is 5.61. The second-order valence-corrected chi connectivity index (χ2v) is 4.78. The first-order chi connectivity index (χ1) is 9.55. The van der Waals surface area contributed by atoms with Gasteiger partial charge in [-0.1, -0.05) is 11.6 Å². The number of rotatable bonds is 2. The number of halogens is 1. The maximum atomic E-state index is 9.23. The fraction of sp³-hybridized carbons (Fsp3) is 0.133. The smallest absolute Gasteiger partial charge is 0.148 e. The van der Waals surface area contributed by atoms with Gasteiger partial charge in [-0.15, -0.1) is 0 Å². The average Bonchev–Trinajstić information content (AvgIpc) is 2.38. The molecule has 0 aliphatic carbocycles. The van der Waals surface area contributed by atoms with Crippen LogP contribution in [-0.4, -0.2) is 4.98 Å².